The number of methoxy groups -OCH3 is 2. The van der Waals surface area contributed by atoms with E-state index in [1.807, 2.05) is 41.5 Å². The number of hydrogen-bond acceptors (Lipinski definition) is 13. The number of carbonyl (C=O) groups excluding carboxylic acids is 2. The number of aliphatic hydroxyl groups is 3. The fourth-order valence-electron chi connectivity index (χ4n) is 12.1. The van der Waals surface area contributed by atoms with Crippen molar-refractivity contribution in [2.75, 3.05) is 14.2 Å². The second kappa shape index (κ2) is 17.9. The van der Waals surface area contributed by atoms with Crippen LogP contribution in [0.3, 0.4) is 0 Å². The van der Waals surface area contributed by atoms with Gasteiger partial charge in [0.1, 0.15) is 30.0 Å². The minimum atomic E-state index is -1.53. The summed E-state index contributed by atoms with van der Waals surface area (Å²) in [6.45, 7) is 15.7. The Morgan fingerprint density at radius 3 is 2.04 bits per heavy atom. The molecule has 13 nitrogen and oxygen atoms in total. The van der Waals surface area contributed by atoms with Crippen LogP contribution in [0.4, 0.5) is 0 Å². The summed E-state index contributed by atoms with van der Waals surface area (Å²) >= 11 is 0. The second-order valence-electron chi connectivity index (χ2n) is 19.7. The molecule has 328 valence electrons. The maximum absolute atomic E-state index is 13.4. The molecule has 2 saturated heterocycles. The van der Waals surface area contributed by atoms with Crippen molar-refractivity contribution in [1.29, 1.82) is 0 Å². The molecule has 0 aromatic rings. The van der Waals surface area contributed by atoms with E-state index in [0.29, 0.717) is 31.6 Å². The van der Waals surface area contributed by atoms with Crippen LogP contribution in [0.2, 0.25) is 0 Å². The molecule has 4 aliphatic carbocycles. The topological polar surface area (TPSA) is 169 Å². The number of rotatable bonds is 13. The summed E-state index contributed by atoms with van der Waals surface area (Å²) in [6.07, 6.45) is 1.64. The van der Waals surface area contributed by atoms with Crippen LogP contribution in [0.15, 0.2) is 0 Å². The van der Waals surface area contributed by atoms with E-state index < -0.39 is 60.2 Å². The van der Waals surface area contributed by atoms with Gasteiger partial charge in [-0.3, -0.25) is 9.59 Å². The van der Waals surface area contributed by atoms with Crippen LogP contribution >= 0.6 is 0 Å². The van der Waals surface area contributed by atoms with E-state index in [1.165, 1.54) is 0 Å². The van der Waals surface area contributed by atoms with Crippen LogP contribution in [0, 0.1) is 40.9 Å². The maximum atomic E-state index is 13.4. The molecule has 6 fully saturated rings. The predicted octanol–water partition coefficient (Wildman–Crippen LogP) is 5.46. The van der Waals surface area contributed by atoms with Gasteiger partial charge in [-0.05, 0) is 107 Å². The molecule has 0 unspecified atom stereocenters. The molecule has 57 heavy (non-hydrogen) atoms. The highest BCUT2D eigenvalue weighted by molar-refractivity contribution is 5.70. The molecule has 4 saturated carbocycles. The largest absolute Gasteiger partial charge is 0.462 e. The van der Waals surface area contributed by atoms with Crippen molar-refractivity contribution in [2.24, 2.45) is 40.9 Å². The predicted molar refractivity (Wildman–Crippen MR) is 208 cm³/mol. The summed E-state index contributed by atoms with van der Waals surface area (Å²) in [5.41, 5.74) is -2.94. The molecule has 0 radical (unpaired) electrons. The van der Waals surface area contributed by atoms with Gasteiger partial charge in [-0.15, -0.1) is 0 Å². The fourth-order valence-corrected chi connectivity index (χ4v) is 12.1. The summed E-state index contributed by atoms with van der Waals surface area (Å²) in [5, 5.41) is 35.7. The molecule has 3 N–H and O–H groups in total. The smallest absolute Gasteiger partial charge is 0.306 e. The van der Waals surface area contributed by atoms with Gasteiger partial charge >= 0.3 is 11.9 Å². The molecule has 0 aromatic carbocycles. The molecule has 13 heteroatoms. The van der Waals surface area contributed by atoms with Crippen molar-refractivity contribution < 1.29 is 62.8 Å². The van der Waals surface area contributed by atoms with Crippen molar-refractivity contribution in [1.82, 2.24) is 0 Å². The maximum Gasteiger partial charge on any atom is 0.306 e. The SMILES string of the molecule is CO[C@H]1C[C@H](O[C@H]2[C@H](C)O[C@@H](O[C@@H]3CC[C@]4(C)[C@@H](CC[C@@H]5[C@@H]4C[C@H](OC(=O)CC(C)C)[C@@H]4[C@@](O)([C@H](C)OC(=O)CC(C)C)CC[C@@]45O)C3)C[C@@H]2OC)O[C@@H](C)[C@@H]1O. The van der Waals surface area contributed by atoms with Gasteiger partial charge in [-0.25, -0.2) is 0 Å². The van der Waals surface area contributed by atoms with Crippen molar-refractivity contribution in [2.45, 2.75) is 211 Å². The minimum absolute atomic E-state index is 0.0182. The summed E-state index contributed by atoms with van der Waals surface area (Å²) in [5.74, 6) is -0.955. The minimum Gasteiger partial charge on any atom is -0.462 e. The van der Waals surface area contributed by atoms with Gasteiger partial charge in [0, 0.05) is 39.9 Å². The number of hydrogen-bond donors (Lipinski definition) is 3. The first-order valence-electron chi connectivity index (χ1n) is 22.0. The Morgan fingerprint density at radius 2 is 1.37 bits per heavy atom. The van der Waals surface area contributed by atoms with E-state index in [0.717, 1.165) is 32.1 Å². The van der Waals surface area contributed by atoms with Crippen LogP contribution in [0.1, 0.15) is 132 Å². The lowest BCUT2D eigenvalue weighted by Gasteiger charge is -2.63. The Labute approximate surface area is 340 Å². The molecular formula is C44H74O13. The average Bonchev–Trinajstić information content (AvgIpc) is 3.42. The third-order valence-corrected chi connectivity index (χ3v) is 15.1. The van der Waals surface area contributed by atoms with Crippen LogP contribution < -0.4 is 0 Å². The zero-order valence-electron chi connectivity index (χ0n) is 36.2. The van der Waals surface area contributed by atoms with Crippen LogP contribution in [0.5, 0.6) is 0 Å². The van der Waals surface area contributed by atoms with Gasteiger partial charge in [0.15, 0.2) is 12.6 Å². The quantitative estimate of drug-likeness (QED) is 0.159. The molecule has 2 heterocycles. The monoisotopic (exact) mass is 811 g/mol. The highest BCUT2D eigenvalue weighted by atomic mass is 16.7. The number of ether oxygens (including phenoxy) is 8. The highest BCUT2D eigenvalue weighted by Crippen LogP contribution is 2.67. The normalized spacial score (nSPS) is 46.5. The van der Waals surface area contributed by atoms with Crippen LogP contribution in [-0.2, 0) is 47.5 Å². The standard InChI is InChI=1S/C44H74O13/c1-23(2)17-35(45)54-27(7)43(48)15-16-44(49)30-12-11-28-19-29(13-14-42(28,8)31(30)20-34(41(43)44)56-36(46)18-24(3)4)55-37-22-33(51-10)40(26(6)53-37)57-38-21-32(50-9)39(47)25(5)52-38/h23-34,37-41,47-49H,11-22H2,1-10H3/t25-,26-,27-,28-,29+,30+,31-,32-,33-,34-,37-,38-,39-,40-,41+,42+,43-,44-/m0/s1. The van der Waals surface area contributed by atoms with Gasteiger partial charge in [-0.1, -0.05) is 34.6 Å². The Kier molecular flexibility index (Phi) is 14.2. The van der Waals surface area contributed by atoms with Gasteiger partial charge in [0.05, 0.1) is 42.0 Å². The van der Waals surface area contributed by atoms with Gasteiger partial charge in [0.2, 0.25) is 0 Å². The molecule has 0 aromatic heterocycles. The Hall–Kier alpha value is -1.42. The summed E-state index contributed by atoms with van der Waals surface area (Å²) < 4.78 is 49.2. The third kappa shape index (κ3) is 9.13. The second-order valence-corrected chi connectivity index (χ2v) is 19.7. The van der Waals surface area contributed by atoms with Gasteiger partial charge < -0.3 is 53.2 Å². The third-order valence-electron chi connectivity index (χ3n) is 15.1. The molecule has 6 rings (SSSR count). The Bertz CT molecular complexity index is 1380. The zero-order chi connectivity index (χ0) is 41.6. The van der Waals surface area contributed by atoms with E-state index in [9.17, 15) is 24.9 Å². The summed E-state index contributed by atoms with van der Waals surface area (Å²) in [4.78, 5) is 26.2. The average molecular weight is 811 g/mol. The molecule has 0 bridgehead atoms. The first-order valence-corrected chi connectivity index (χ1v) is 22.0. The number of aliphatic hydroxyl groups excluding tert-OH is 1. The van der Waals surface area contributed by atoms with E-state index in [4.69, 9.17) is 37.9 Å². The van der Waals surface area contributed by atoms with Crippen molar-refractivity contribution in [3.63, 3.8) is 0 Å². The first kappa shape index (κ1) is 45.1. The Morgan fingerprint density at radius 1 is 0.737 bits per heavy atom. The first-order chi connectivity index (χ1) is 26.8. The molecule has 0 spiro atoms. The van der Waals surface area contributed by atoms with Crippen molar-refractivity contribution in [3.8, 4) is 0 Å². The number of esters is 2. The highest BCUT2D eigenvalue weighted by Gasteiger charge is 2.71. The van der Waals surface area contributed by atoms with Crippen LogP contribution in [0.25, 0.3) is 0 Å². The Balaban J connectivity index is 1.13. The van der Waals surface area contributed by atoms with Crippen LogP contribution in [-0.4, -0.2) is 120 Å². The summed E-state index contributed by atoms with van der Waals surface area (Å²) in [7, 11) is 3.26. The van der Waals surface area contributed by atoms with Gasteiger partial charge in [-0.2, -0.15) is 0 Å². The van der Waals surface area contributed by atoms with E-state index >= 15 is 0 Å². The molecule has 18 atom stereocenters. The van der Waals surface area contributed by atoms with Crippen molar-refractivity contribution >= 4 is 11.9 Å². The lowest BCUT2D eigenvalue weighted by Crippen LogP contribution is -2.67. The zero-order valence-corrected chi connectivity index (χ0v) is 36.2. The van der Waals surface area contributed by atoms with Gasteiger partial charge in [0.25, 0.3) is 0 Å². The van der Waals surface area contributed by atoms with Crippen molar-refractivity contribution in [3.05, 3.63) is 0 Å². The lowest BCUT2D eigenvalue weighted by atomic mass is 9.45. The number of carbonyl (C=O) groups is 2. The van der Waals surface area contributed by atoms with E-state index in [1.54, 1.807) is 21.1 Å². The molecule has 0 amide bonds. The lowest BCUT2D eigenvalue weighted by molar-refractivity contribution is -0.321. The van der Waals surface area contributed by atoms with E-state index in [2.05, 4.69) is 6.92 Å². The molecule has 2 aliphatic heterocycles. The molecular weight excluding hydrogens is 736 g/mol. The number of fused-ring (bicyclic) bond motifs is 5. The fraction of sp³-hybridized carbons (Fsp3) is 0.955. The summed E-state index contributed by atoms with van der Waals surface area (Å²) in [6, 6.07) is 0. The van der Waals surface area contributed by atoms with E-state index in [-0.39, 0.29) is 84.7 Å². The molecule has 6 aliphatic rings.